The number of piperidine rings is 1. The molecular weight excluding hydrogens is 486 g/mol. The van der Waals surface area contributed by atoms with Crippen LogP contribution in [0.4, 0.5) is 11.4 Å². The topological polar surface area (TPSA) is 103 Å². The molecule has 1 saturated heterocycles. The van der Waals surface area contributed by atoms with Crippen molar-refractivity contribution < 1.29 is 4.79 Å². The number of aromatic nitrogens is 5. The number of anilines is 2. The van der Waals surface area contributed by atoms with Crippen LogP contribution < -0.4 is 10.2 Å². The predicted octanol–water partition coefficient (Wildman–Crippen LogP) is 6.37. The van der Waals surface area contributed by atoms with E-state index in [4.69, 9.17) is 4.98 Å². The smallest absolute Gasteiger partial charge is 0.255 e. The zero-order valence-corrected chi connectivity index (χ0v) is 21.6. The first-order valence-corrected chi connectivity index (χ1v) is 13.6. The van der Waals surface area contributed by atoms with Gasteiger partial charge in [0.15, 0.2) is 5.82 Å². The first kappa shape index (κ1) is 23.4. The molecule has 1 fully saturated rings. The Morgan fingerprint density at radius 3 is 2.74 bits per heavy atom. The van der Waals surface area contributed by atoms with Gasteiger partial charge in [0, 0.05) is 35.8 Å². The van der Waals surface area contributed by atoms with Crippen LogP contribution in [0.2, 0.25) is 0 Å². The number of benzene rings is 2. The van der Waals surface area contributed by atoms with E-state index in [1.807, 2.05) is 42.6 Å². The normalized spacial score (nSPS) is 15.6. The number of H-pyrrole nitrogens is 2. The van der Waals surface area contributed by atoms with Crippen molar-refractivity contribution in [3.63, 3.8) is 0 Å². The lowest BCUT2D eigenvalue weighted by atomic mass is 10.0. The lowest BCUT2D eigenvalue weighted by Crippen LogP contribution is -2.29. The summed E-state index contributed by atoms with van der Waals surface area (Å²) in [5, 5.41) is 11.7. The van der Waals surface area contributed by atoms with Crippen LogP contribution in [0.5, 0.6) is 0 Å². The number of hydrogen-bond donors (Lipinski definition) is 3. The molecule has 1 aliphatic carbocycles. The fourth-order valence-electron chi connectivity index (χ4n) is 5.54. The highest BCUT2D eigenvalue weighted by Gasteiger charge is 2.19. The summed E-state index contributed by atoms with van der Waals surface area (Å²) < 4.78 is 0. The second-order valence-electron chi connectivity index (χ2n) is 10.2. The van der Waals surface area contributed by atoms with Crippen molar-refractivity contribution >= 4 is 39.2 Å². The summed E-state index contributed by atoms with van der Waals surface area (Å²) in [6, 6.07) is 14.4. The van der Waals surface area contributed by atoms with Crippen molar-refractivity contribution in [1.29, 1.82) is 0 Å². The Labute approximate surface area is 225 Å². The van der Waals surface area contributed by atoms with E-state index >= 15 is 0 Å². The fourth-order valence-corrected chi connectivity index (χ4v) is 5.54. The molecule has 39 heavy (non-hydrogen) atoms. The summed E-state index contributed by atoms with van der Waals surface area (Å²) in [6.45, 7) is 2.13. The molecular formula is C31H29N7O. The quantitative estimate of drug-likeness (QED) is 0.252. The molecule has 3 N–H and O–H groups in total. The Morgan fingerprint density at radius 1 is 0.949 bits per heavy atom. The number of hydrogen-bond acceptors (Lipinski definition) is 5. The number of imidazole rings is 1. The molecule has 3 aromatic heterocycles. The molecule has 7 rings (SSSR count). The van der Waals surface area contributed by atoms with Gasteiger partial charge in [0.1, 0.15) is 11.2 Å². The number of nitrogens with one attached hydrogen (secondary N) is 3. The summed E-state index contributed by atoms with van der Waals surface area (Å²) in [6.07, 6.45) is 14.9. The van der Waals surface area contributed by atoms with Crippen LogP contribution in [0.3, 0.4) is 0 Å². The van der Waals surface area contributed by atoms with Gasteiger partial charge in [-0.05, 0) is 68.0 Å². The van der Waals surface area contributed by atoms with Crippen LogP contribution in [0.1, 0.15) is 32.1 Å². The molecule has 0 atom stereocenters. The van der Waals surface area contributed by atoms with Gasteiger partial charge >= 0.3 is 0 Å². The van der Waals surface area contributed by atoms with E-state index in [0.29, 0.717) is 11.3 Å². The first-order chi connectivity index (χ1) is 19.2. The van der Waals surface area contributed by atoms with Gasteiger partial charge < -0.3 is 15.2 Å². The van der Waals surface area contributed by atoms with Crippen molar-refractivity contribution in [3.05, 3.63) is 78.7 Å². The van der Waals surface area contributed by atoms with E-state index in [2.05, 4.69) is 54.6 Å². The number of aromatic amines is 2. The van der Waals surface area contributed by atoms with E-state index in [1.165, 1.54) is 24.9 Å². The fraction of sp³-hybridized carbons (Fsp3) is 0.226. The second kappa shape index (κ2) is 9.87. The minimum atomic E-state index is -0.119. The van der Waals surface area contributed by atoms with Gasteiger partial charge in [0.05, 0.1) is 28.6 Å². The van der Waals surface area contributed by atoms with Gasteiger partial charge in [0.2, 0.25) is 0 Å². The highest BCUT2D eigenvalue weighted by atomic mass is 16.1. The summed E-state index contributed by atoms with van der Waals surface area (Å²) in [5.74, 6) is 0.622. The molecule has 0 spiro atoms. The van der Waals surface area contributed by atoms with Crippen LogP contribution in [-0.2, 0) is 4.79 Å². The van der Waals surface area contributed by atoms with Crippen molar-refractivity contribution in [2.24, 2.45) is 0 Å². The maximum atomic E-state index is 12.7. The summed E-state index contributed by atoms with van der Waals surface area (Å²) in [7, 11) is 0. The highest BCUT2D eigenvalue weighted by Crippen LogP contribution is 2.33. The number of rotatable bonds is 5. The largest absolute Gasteiger partial charge is 0.370 e. The average molecular weight is 516 g/mol. The number of fused-ring (bicyclic) bond motifs is 2. The molecule has 2 aliphatic rings. The van der Waals surface area contributed by atoms with Gasteiger partial charge in [-0.2, -0.15) is 5.10 Å². The standard InChI is InChI=1S/C31H29N7O/c39-31(20-8-3-1-4-9-20)33-23-16-22(18-32-19-23)21-12-13-25-24(17-21)28(37-36-25)30-34-26-10-7-11-27(29(26)35-30)38-14-5-2-6-15-38/h3,7-13,16-19H,1-2,4-6,14-15H2,(H,33,39)(H,34,35)(H,36,37). The molecule has 0 bridgehead atoms. The van der Waals surface area contributed by atoms with Gasteiger partial charge in [-0.1, -0.05) is 30.4 Å². The number of carbonyl (C=O) groups excluding carboxylic acids is 1. The minimum absolute atomic E-state index is 0.119. The maximum Gasteiger partial charge on any atom is 0.255 e. The monoisotopic (exact) mass is 515 g/mol. The number of carbonyl (C=O) groups is 1. The van der Waals surface area contributed by atoms with E-state index in [-0.39, 0.29) is 5.91 Å². The molecule has 0 radical (unpaired) electrons. The third-order valence-electron chi connectivity index (χ3n) is 7.56. The zero-order chi connectivity index (χ0) is 26.2. The molecule has 8 nitrogen and oxygen atoms in total. The van der Waals surface area contributed by atoms with Crippen LogP contribution in [0.15, 0.2) is 78.7 Å². The van der Waals surface area contributed by atoms with Crippen molar-refractivity contribution in [3.8, 4) is 22.6 Å². The zero-order valence-electron chi connectivity index (χ0n) is 21.6. The van der Waals surface area contributed by atoms with Gasteiger partial charge in [-0.15, -0.1) is 0 Å². The van der Waals surface area contributed by atoms with E-state index < -0.39 is 0 Å². The molecule has 1 amide bonds. The number of amides is 1. The molecule has 2 aromatic carbocycles. The third kappa shape index (κ3) is 4.48. The maximum absolute atomic E-state index is 12.7. The van der Waals surface area contributed by atoms with Crippen molar-refractivity contribution in [2.75, 3.05) is 23.3 Å². The Hall–Kier alpha value is -4.72. The SMILES string of the molecule is O=C(Nc1cncc(-c2ccc3[nH]nc(-c4nc5c(N6CCCCC6)cccc5[nH]4)c3c2)c1)C1=CCCC=C1. The minimum Gasteiger partial charge on any atom is -0.370 e. The van der Waals surface area contributed by atoms with E-state index in [0.717, 1.165) is 70.5 Å². The molecule has 4 heterocycles. The Bertz CT molecular complexity index is 1750. The van der Waals surface area contributed by atoms with Gasteiger partial charge in [0.25, 0.3) is 5.91 Å². The molecule has 194 valence electrons. The van der Waals surface area contributed by atoms with Crippen molar-refractivity contribution in [2.45, 2.75) is 32.1 Å². The highest BCUT2D eigenvalue weighted by molar-refractivity contribution is 6.06. The first-order valence-electron chi connectivity index (χ1n) is 13.6. The van der Waals surface area contributed by atoms with Crippen LogP contribution in [0.25, 0.3) is 44.6 Å². The molecule has 5 aromatic rings. The Morgan fingerprint density at radius 2 is 1.87 bits per heavy atom. The van der Waals surface area contributed by atoms with Crippen LogP contribution >= 0.6 is 0 Å². The number of allylic oxidation sites excluding steroid dienone is 2. The number of para-hydroxylation sites is 1. The predicted molar refractivity (Wildman–Crippen MR) is 156 cm³/mol. The molecule has 0 unspecified atom stereocenters. The Balaban J connectivity index is 1.22. The molecule has 1 aliphatic heterocycles. The molecule has 8 heteroatoms. The van der Waals surface area contributed by atoms with E-state index in [9.17, 15) is 4.79 Å². The lowest BCUT2D eigenvalue weighted by Gasteiger charge is -2.28. The van der Waals surface area contributed by atoms with Crippen LogP contribution in [0, 0.1) is 0 Å². The lowest BCUT2D eigenvalue weighted by molar-refractivity contribution is -0.112. The summed E-state index contributed by atoms with van der Waals surface area (Å²) in [5.41, 5.74) is 8.12. The Kier molecular flexibility index (Phi) is 5.92. The number of nitrogens with zero attached hydrogens (tertiary/aromatic N) is 4. The number of pyridine rings is 1. The van der Waals surface area contributed by atoms with Gasteiger partial charge in [-0.25, -0.2) is 4.98 Å². The summed E-state index contributed by atoms with van der Waals surface area (Å²) in [4.78, 5) is 28.0. The molecule has 0 saturated carbocycles. The second-order valence-corrected chi connectivity index (χ2v) is 10.2. The average Bonchev–Trinajstić information content (AvgIpc) is 3.62. The van der Waals surface area contributed by atoms with Crippen LogP contribution in [-0.4, -0.2) is 44.1 Å². The van der Waals surface area contributed by atoms with Gasteiger partial charge in [-0.3, -0.25) is 14.9 Å². The summed E-state index contributed by atoms with van der Waals surface area (Å²) >= 11 is 0. The van der Waals surface area contributed by atoms with E-state index in [1.54, 1.807) is 6.20 Å². The van der Waals surface area contributed by atoms with Crippen molar-refractivity contribution in [1.82, 2.24) is 25.1 Å². The third-order valence-corrected chi connectivity index (χ3v) is 7.56.